The Labute approximate surface area is 143 Å². The monoisotopic (exact) mass is 349 g/mol. The molecule has 0 aliphatic carbocycles. The normalized spacial score (nSPS) is 20.1. The van der Waals surface area contributed by atoms with Gasteiger partial charge in [0.15, 0.2) is 0 Å². The van der Waals surface area contributed by atoms with Crippen molar-refractivity contribution < 1.29 is 13.2 Å². The minimum Gasteiger partial charge on any atom is -0.351 e. The maximum atomic E-state index is 12.7. The highest BCUT2D eigenvalue weighted by Crippen LogP contribution is 2.25. The molecule has 1 aliphatic rings. The highest BCUT2D eigenvalue weighted by atomic mass is 32.2. The number of rotatable bonds is 5. The minimum atomic E-state index is -3.52. The second kappa shape index (κ2) is 7.77. The standard InChI is InChI=1S/C17H23N3O3S/c1-13(11-18)12-19-17(21)15-6-8-16(9-7-15)24(22,23)20-10-4-3-5-14(20)2/h6-9,13-14H,3-5,10,12H2,1-2H3,(H,19,21). The zero-order valence-corrected chi connectivity index (χ0v) is 14.8. The molecule has 6 nitrogen and oxygen atoms in total. The summed E-state index contributed by atoms with van der Waals surface area (Å²) in [5.41, 5.74) is 0.380. The number of carbonyl (C=O) groups excluding carboxylic acids is 1. The third-order valence-electron chi connectivity index (χ3n) is 4.25. The molecule has 1 aromatic carbocycles. The summed E-state index contributed by atoms with van der Waals surface area (Å²) in [4.78, 5) is 12.2. The van der Waals surface area contributed by atoms with Gasteiger partial charge < -0.3 is 5.32 Å². The molecule has 130 valence electrons. The Hall–Kier alpha value is -1.91. The minimum absolute atomic E-state index is 0.000746. The molecule has 2 atom stereocenters. The number of carbonyl (C=O) groups is 1. The van der Waals surface area contributed by atoms with Crippen LogP contribution in [0.3, 0.4) is 0 Å². The summed E-state index contributed by atoms with van der Waals surface area (Å²) in [5, 5.41) is 11.4. The molecule has 1 aliphatic heterocycles. The van der Waals surface area contributed by atoms with Crippen molar-refractivity contribution in [2.75, 3.05) is 13.1 Å². The van der Waals surface area contributed by atoms with E-state index in [0.717, 1.165) is 19.3 Å². The van der Waals surface area contributed by atoms with E-state index in [1.807, 2.05) is 13.0 Å². The molecule has 0 radical (unpaired) electrons. The molecule has 7 heteroatoms. The molecular formula is C17H23N3O3S. The number of hydrogen-bond donors (Lipinski definition) is 1. The first-order valence-corrected chi connectivity index (χ1v) is 9.60. The molecule has 1 N–H and O–H groups in total. The van der Waals surface area contributed by atoms with E-state index >= 15 is 0 Å². The third kappa shape index (κ3) is 4.13. The SMILES string of the molecule is CC(C#N)CNC(=O)c1ccc(S(=O)(=O)N2CCCCC2C)cc1. The molecule has 1 heterocycles. The summed E-state index contributed by atoms with van der Waals surface area (Å²) in [6.45, 7) is 4.45. The number of nitrogens with zero attached hydrogens (tertiary/aromatic N) is 2. The van der Waals surface area contributed by atoms with Gasteiger partial charge in [0.1, 0.15) is 0 Å². The third-order valence-corrected chi connectivity index (χ3v) is 6.28. The van der Waals surface area contributed by atoms with Gasteiger partial charge in [-0.25, -0.2) is 8.42 Å². The molecule has 0 bridgehead atoms. The summed E-state index contributed by atoms with van der Waals surface area (Å²) >= 11 is 0. The fourth-order valence-corrected chi connectivity index (χ4v) is 4.44. The highest BCUT2D eigenvalue weighted by Gasteiger charge is 2.30. The first-order valence-electron chi connectivity index (χ1n) is 8.16. The Balaban J connectivity index is 2.11. The Morgan fingerprint density at radius 2 is 2.04 bits per heavy atom. The smallest absolute Gasteiger partial charge is 0.251 e. The number of nitriles is 1. The van der Waals surface area contributed by atoms with E-state index in [1.165, 1.54) is 24.3 Å². The maximum Gasteiger partial charge on any atom is 0.251 e. The Bertz CT molecular complexity index is 722. The number of hydrogen-bond acceptors (Lipinski definition) is 4. The van der Waals surface area contributed by atoms with Crippen LogP contribution in [-0.2, 0) is 10.0 Å². The van der Waals surface area contributed by atoms with E-state index in [2.05, 4.69) is 5.32 Å². The number of amides is 1. The lowest BCUT2D eigenvalue weighted by Gasteiger charge is -2.32. The lowest BCUT2D eigenvalue weighted by Crippen LogP contribution is -2.41. The van der Waals surface area contributed by atoms with Gasteiger partial charge in [-0.15, -0.1) is 0 Å². The van der Waals surface area contributed by atoms with Crippen molar-refractivity contribution in [2.24, 2.45) is 5.92 Å². The van der Waals surface area contributed by atoms with E-state index in [9.17, 15) is 13.2 Å². The van der Waals surface area contributed by atoms with Crippen LogP contribution in [-0.4, -0.2) is 37.8 Å². The molecule has 24 heavy (non-hydrogen) atoms. The van der Waals surface area contributed by atoms with E-state index in [0.29, 0.717) is 12.1 Å². The predicted octanol–water partition coefficient (Wildman–Crippen LogP) is 2.14. The van der Waals surface area contributed by atoms with Crippen molar-refractivity contribution in [1.29, 1.82) is 5.26 Å². The zero-order valence-electron chi connectivity index (χ0n) is 14.0. The highest BCUT2D eigenvalue weighted by molar-refractivity contribution is 7.89. The van der Waals surface area contributed by atoms with Gasteiger partial charge >= 0.3 is 0 Å². The fraction of sp³-hybridized carbons (Fsp3) is 0.529. The molecule has 0 saturated carbocycles. The Kier molecular flexibility index (Phi) is 5.97. The quantitative estimate of drug-likeness (QED) is 0.882. The second-order valence-corrected chi connectivity index (χ2v) is 8.12. The Morgan fingerprint density at radius 3 is 2.62 bits per heavy atom. The van der Waals surface area contributed by atoms with E-state index in [4.69, 9.17) is 5.26 Å². The van der Waals surface area contributed by atoms with E-state index in [-0.39, 0.29) is 29.3 Å². The lowest BCUT2D eigenvalue weighted by atomic mass is 10.1. The van der Waals surface area contributed by atoms with Gasteiger partial charge in [0.2, 0.25) is 10.0 Å². The average Bonchev–Trinajstić information content (AvgIpc) is 2.59. The summed E-state index contributed by atoms with van der Waals surface area (Å²) in [6, 6.07) is 8.00. The van der Waals surface area contributed by atoms with Gasteiger partial charge in [-0.1, -0.05) is 6.42 Å². The zero-order chi connectivity index (χ0) is 17.7. The summed E-state index contributed by atoms with van der Waals surface area (Å²) < 4.78 is 27.0. The van der Waals surface area contributed by atoms with Crippen LogP contribution in [0.5, 0.6) is 0 Å². The summed E-state index contributed by atoms with van der Waals surface area (Å²) in [5.74, 6) is -0.582. The molecule has 2 rings (SSSR count). The van der Waals surface area contributed by atoms with Crippen LogP contribution in [0.1, 0.15) is 43.5 Å². The number of benzene rings is 1. The predicted molar refractivity (Wildman–Crippen MR) is 90.8 cm³/mol. The lowest BCUT2D eigenvalue weighted by molar-refractivity contribution is 0.0950. The number of piperidine rings is 1. The summed E-state index contributed by atoms with van der Waals surface area (Å²) in [6.07, 6.45) is 2.80. The molecule has 0 aromatic heterocycles. The molecule has 1 amide bonds. The van der Waals surface area contributed by atoms with E-state index < -0.39 is 10.0 Å². The van der Waals surface area contributed by atoms with Crippen molar-refractivity contribution in [3.05, 3.63) is 29.8 Å². The topological polar surface area (TPSA) is 90.3 Å². The molecule has 2 unspecified atom stereocenters. The van der Waals surface area contributed by atoms with Crippen molar-refractivity contribution in [1.82, 2.24) is 9.62 Å². The van der Waals surface area contributed by atoms with Crippen LogP contribution in [0.2, 0.25) is 0 Å². The van der Waals surface area contributed by atoms with Crippen molar-refractivity contribution >= 4 is 15.9 Å². The Morgan fingerprint density at radius 1 is 1.38 bits per heavy atom. The van der Waals surface area contributed by atoms with Gasteiger partial charge in [0.05, 0.1) is 16.9 Å². The van der Waals surface area contributed by atoms with Crippen LogP contribution in [0.25, 0.3) is 0 Å². The van der Waals surface area contributed by atoms with Gasteiger partial charge in [0, 0.05) is 24.7 Å². The number of nitrogens with one attached hydrogen (secondary N) is 1. The van der Waals surface area contributed by atoms with Crippen LogP contribution in [0, 0.1) is 17.2 Å². The van der Waals surface area contributed by atoms with Gasteiger partial charge in [-0.3, -0.25) is 4.79 Å². The molecule has 0 spiro atoms. The summed E-state index contributed by atoms with van der Waals surface area (Å²) in [7, 11) is -3.52. The fourth-order valence-electron chi connectivity index (χ4n) is 2.74. The van der Waals surface area contributed by atoms with Gasteiger partial charge in [-0.05, 0) is 51.0 Å². The average molecular weight is 349 g/mol. The van der Waals surface area contributed by atoms with Crippen molar-refractivity contribution in [2.45, 2.75) is 44.0 Å². The van der Waals surface area contributed by atoms with Gasteiger partial charge in [0.25, 0.3) is 5.91 Å². The second-order valence-electron chi connectivity index (χ2n) is 6.23. The maximum absolute atomic E-state index is 12.7. The van der Waals surface area contributed by atoms with E-state index in [1.54, 1.807) is 11.2 Å². The van der Waals surface area contributed by atoms with Gasteiger partial charge in [-0.2, -0.15) is 9.57 Å². The largest absolute Gasteiger partial charge is 0.351 e. The van der Waals surface area contributed by atoms with Crippen LogP contribution < -0.4 is 5.32 Å². The van der Waals surface area contributed by atoms with Crippen LogP contribution >= 0.6 is 0 Å². The molecule has 1 aromatic rings. The van der Waals surface area contributed by atoms with Crippen molar-refractivity contribution in [3.63, 3.8) is 0 Å². The van der Waals surface area contributed by atoms with Crippen molar-refractivity contribution in [3.8, 4) is 6.07 Å². The number of sulfonamides is 1. The molecular weight excluding hydrogens is 326 g/mol. The van der Waals surface area contributed by atoms with Crippen LogP contribution in [0.15, 0.2) is 29.2 Å². The molecule has 1 fully saturated rings. The molecule has 1 saturated heterocycles. The van der Waals surface area contributed by atoms with Crippen LogP contribution in [0.4, 0.5) is 0 Å². The first-order chi connectivity index (χ1) is 11.4. The first kappa shape index (κ1) is 18.4.